The van der Waals surface area contributed by atoms with Gasteiger partial charge in [0.05, 0.1) is 7.11 Å². The van der Waals surface area contributed by atoms with Crippen molar-refractivity contribution in [3.8, 4) is 5.75 Å². The summed E-state index contributed by atoms with van der Waals surface area (Å²) >= 11 is 1.51. The number of esters is 1. The lowest BCUT2D eigenvalue weighted by atomic mass is 10.3. The number of carbonyl (C=O) groups excluding carboxylic acids is 1. The van der Waals surface area contributed by atoms with Gasteiger partial charge in [-0.1, -0.05) is 6.07 Å². The highest BCUT2D eigenvalue weighted by atomic mass is 32.1. The van der Waals surface area contributed by atoms with E-state index in [2.05, 4.69) is 14.7 Å². The van der Waals surface area contributed by atoms with E-state index in [0.29, 0.717) is 12.2 Å². The van der Waals surface area contributed by atoms with Crippen LogP contribution in [0.25, 0.3) is 0 Å². The Bertz CT molecular complexity index is 618. The molecule has 7 heteroatoms. The summed E-state index contributed by atoms with van der Waals surface area (Å²) in [6, 6.07) is 3.76. The van der Waals surface area contributed by atoms with Gasteiger partial charge in [-0.25, -0.2) is 9.78 Å². The number of nitrogens with one attached hydrogen (secondary N) is 1. The van der Waals surface area contributed by atoms with E-state index in [1.165, 1.54) is 11.3 Å². The van der Waals surface area contributed by atoms with Crippen LogP contribution in [0.15, 0.2) is 22.3 Å². The Morgan fingerprint density at radius 3 is 3.00 bits per heavy atom. The summed E-state index contributed by atoms with van der Waals surface area (Å²) in [7, 11) is 1.16. The van der Waals surface area contributed by atoms with Gasteiger partial charge in [-0.15, -0.1) is 11.3 Å². The van der Waals surface area contributed by atoms with Crippen molar-refractivity contribution in [2.45, 2.75) is 6.42 Å². The number of nitrogens with zero attached hydrogens (tertiary/aromatic N) is 1. The maximum atomic E-state index is 11.5. The molecule has 2 aromatic rings. The first-order valence-electron chi connectivity index (χ1n) is 5.04. The van der Waals surface area contributed by atoms with Gasteiger partial charge in [0.15, 0.2) is 5.69 Å². The highest BCUT2D eigenvalue weighted by molar-refractivity contribution is 7.09. The van der Waals surface area contributed by atoms with E-state index in [-0.39, 0.29) is 5.69 Å². The Morgan fingerprint density at radius 2 is 2.39 bits per heavy atom. The summed E-state index contributed by atoms with van der Waals surface area (Å²) in [6.45, 7) is 0. The average Bonchev–Trinajstić information content (AvgIpc) is 2.85. The molecule has 2 aromatic heterocycles. The Balaban J connectivity index is 2.41. The SMILES string of the molecule is COC(=O)c1nc(Cc2cccs2)[nH]c(=O)c1O. The van der Waals surface area contributed by atoms with E-state index >= 15 is 0 Å². The van der Waals surface area contributed by atoms with Crippen LogP contribution in [-0.2, 0) is 11.2 Å². The molecule has 0 amide bonds. The zero-order chi connectivity index (χ0) is 13.1. The minimum absolute atomic E-state index is 0.306. The zero-order valence-corrected chi connectivity index (χ0v) is 10.3. The molecule has 2 rings (SSSR count). The number of thiophene rings is 1. The monoisotopic (exact) mass is 266 g/mol. The Morgan fingerprint density at radius 1 is 1.61 bits per heavy atom. The number of hydrogen-bond acceptors (Lipinski definition) is 6. The second-order valence-corrected chi connectivity index (χ2v) is 4.49. The molecule has 0 bridgehead atoms. The first-order valence-corrected chi connectivity index (χ1v) is 5.92. The predicted octanol–water partition coefficient (Wildman–Crippen LogP) is 0.914. The molecule has 0 aliphatic carbocycles. The number of methoxy groups -OCH3 is 1. The van der Waals surface area contributed by atoms with Crippen molar-refractivity contribution in [2.75, 3.05) is 7.11 Å². The summed E-state index contributed by atoms with van der Waals surface area (Å²) in [5.74, 6) is -1.26. The molecule has 0 fully saturated rings. The van der Waals surface area contributed by atoms with Gasteiger partial charge in [-0.2, -0.15) is 0 Å². The molecular formula is C11H10N2O4S. The largest absolute Gasteiger partial charge is 0.501 e. The van der Waals surface area contributed by atoms with E-state index in [9.17, 15) is 14.7 Å². The molecule has 2 N–H and O–H groups in total. The minimum Gasteiger partial charge on any atom is -0.501 e. The summed E-state index contributed by atoms with van der Waals surface area (Å²) in [6.07, 6.45) is 0.386. The van der Waals surface area contributed by atoms with Gasteiger partial charge in [-0.3, -0.25) is 4.79 Å². The van der Waals surface area contributed by atoms with Crippen molar-refractivity contribution >= 4 is 17.3 Å². The second-order valence-electron chi connectivity index (χ2n) is 3.46. The van der Waals surface area contributed by atoms with Gasteiger partial charge in [0.1, 0.15) is 5.82 Å². The Labute approximate surface area is 106 Å². The summed E-state index contributed by atoms with van der Waals surface area (Å²) in [5, 5.41) is 11.3. The highest BCUT2D eigenvalue weighted by Crippen LogP contribution is 2.14. The Hall–Kier alpha value is -2.15. The molecule has 94 valence electrons. The molecule has 6 nitrogen and oxygen atoms in total. The third-order valence-corrected chi connectivity index (χ3v) is 3.12. The molecule has 0 aliphatic rings. The van der Waals surface area contributed by atoms with E-state index < -0.39 is 17.3 Å². The molecule has 0 saturated heterocycles. The second kappa shape index (κ2) is 5.01. The molecule has 0 aliphatic heterocycles. The molecule has 0 aromatic carbocycles. The lowest BCUT2D eigenvalue weighted by Crippen LogP contribution is -2.18. The molecule has 0 unspecified atom stereocenters. The van der Waals surface area contributed by atoms with Gasteiger partial charge >= 0.3 is 5.97 Å². The van der Waals surface area contributed by atoms with Crippen LogP contribution in [-0.4, -0.2) is 28.2 Å². The van der Waals surface area contributed by atoms with Crippen molar-refractivity contribution in [3.63, 3.8) is 0 Å². The number of rotatable bonds is 3. The van der Waals surface area contributed by atoms with Crippen molar-refractivity contribution < 1.29 is 14.6 Å². The van der Waals surface area contributed by atoms with E-state index in [4.69, 9.17) is 0 Å². The zero-order valence-electron chi connectivity index (χ0n) is 9.47. The molecule has 2 heterocycles. The maximum Gasteiger partial charge on any atom is 0.360 e. The van der Waals surface area contributed by atoms with Gasteiger partial charge in [0.2, 0.25) is 5.75 Å². The fourth-order valence-corrected chi connectivity index (χ4v) is 2.12. The van der Waals surface area contributed by atoms with Crippen LogP contribution < -0.4 is 5.56 Å². The molecular weight excluding hydrogens is 256 g/mol. The predicted molar refractivity (Wildman–Crippen MR) is 65.0 cm³/mol. The van der Waals surface area contributed by atoms with Crippen LogP contribution in [0.3, 0.4) is 0 Å². The third kappa shape index (κ3) is 2.40. The molecule has 0 atom stereocenters. The van der Waals surface area contributed by atoms with Crippen molar-refractivity contribution in [1.82, 2.24) is 9.97 Å². The fourth-order valence-electron chi connectivity index (χ4n) is 1.41. The fraction of sp³-hybridized carbons (Fsp3) is 0.182. The summed E-state index contributed by atoms with van der Waals surface area (Å²) < 4.78 is 4.45. The quantitative estimate of drug-likeness (QED) is 0.806. The number of aromatic nitrogens is 2. The number of carbonyl (C=O) groups is 1. The Kier molecular flexibility index (Phi) is 3.42. The van der Waals surface area contributed by atoms with Crippen LogP contribution in [0.4, 0.5) is 0 Å². The lowest BCUT2D eigenvalue weighted by Gasteiger charge is -2.04. The number of aromatic amines is 1. The van der Waals surface area contributed by atoms with Crippen molar-refractivity contribution in [2.24, 2.45) is 0 Å². The molecule has 0 saturated carbocycles. The standard InChI is InChI=1S/C11H10N2O4S/c1-17-11(16)8-9(14)10(15)13-7(12-8)5-6-3-2-4-18-6/h2-4,14H,5H2,1H3,(H,12,13,15). The van der Waals surface area contributed by atoms with Crippen LogP contribution in [0.5, 0.6) is 5.75 Å². The van der Waals surface area contributed by atoms with Gasteiger partial charge in [0.25, 0.3) is 5.56 Å². The minimum atomic E-state index is -0.842. The topological polar surface area (TPSA) is 92.3 Å². The van der Waals surface area contributed by atoms with E-state index in [1.54, 1.807) is 0 Å². The lowest BCUT2D eigenvalue weighted by molar-refractivity contribution is 0.0589. The summed E-state index contributed by atoms with van der Waals surface area (Å²) in [5.41, 5.74) is -1.12. The maximum absolute atomic E-state index is 11.5. The first kappa shape index (κ1) is 12.3. The number of aromatic hydroxyl groups is 1. The van der Waals surface area contributed by atoms with Gasteiger partial charge in [-0.05, 0) is 11.4 Å². The normalized spacial score (nSPS) is 10.3. The number of ether oxygens (including phenoxy) is 1. The number of H-pyrrole nitrogens is 1. The molecule has 0 radical (unpaired) electrons. The van der Waals surface area contributed by atoms with Crippen LogP contribution in [0, 0.1) is 0 Å². The highest BCUT2D eigenvalue weighted by Gasteiger charge is 2.18. The molecule has 18 heavy (non-hydrogen) atoms. The van der Waals surface area contributed by atoms with Crippen molar-refractivity contribution in [1.29, 1.82) is 0 Å². The first-order chi connectivity index (χ1) is 8.61. The summed E-state index contributed by atoms with van der Waals surface area (Å²) in [4.78, 5) is 30.1. The van der Waals surface area contributed by atoms with Gasteiger partial charge < -0.3 is 14.8 Å². The molecule has 0 spiro atoms. The van der Waals surface area contributed by atoms with Gasteiger partial charge in [0, 0.05) is 11.3 Å². The van der Waals surface area contributed by atoms with Crippen LogP contribution >= 0.6 is 11.3 Å². The van der Waals surface area contributed by atoms with Crippen molar-refractivity contribution in [3.05, 3.63) is 44.3 Å². The average molecular weight is 266 g/mol. The third-order valence-electron chi connectivity index (χ3n) is 2.24. The number of hydrogen-bond donors (Lipinski definition) is 2. The van der Waals surface area contributed by atoms with Crippen LogP contribution in [0.1, 0.15) is 21.2 Å². The smallest absolute Gasteiger partial charge is 0.360 e. The van der Waals surface area contributed by atoms with Crippen LogP contribution in [0.2, 0.25) is 0 Å². The van der Waals surface area contributed by atoms with E-state index in [0.717, 1.165) is 12.0 Å². The van der Waals surface area contributed by atoms with E-state index in [1.807, 2.05) is 17.5 Å².